The highest BCUT2D eigenvalue weighted by molar-refractivity contribution is 7.99. The highest BCUT2D eigenvalue weighted by atomic mass is 32.2. The van der Waals surface area contributed by atoms with Crippen LogP contribution in [0.15, 0.2) is 41.1 Å². The third kappa shape index (κ3) is 3.80. The van der Waals surface area contributed by atoms with Crippen molar-refractivity contribution in [2.75, 3.05) is 11.1 Å². The second-order valence-corrected chi connectivity index (χ2v) is 9.76. The highest BCUT2D eigenvalue weighted by Crippen LogP contribution is 2.35. The summed E-state index contributed by atoms with van der Waals surface area (Å²) in [6.07, 6.45) is 1.66. The molecule has 1 N–H and O–H groups in total. The summed E-state index contributed by atoms with van der Waals surface area (Å²) in [5.41, 5.74) is 3.38. The number of nitrogens with zero attached hydrogens (tertiary/aromatic N) is 5. The normalized spacial score (nSPS) is 11.5. The van der Waals surface area contributed by atoms with E-state index >= 15 is 0 Å². The fourth-order valence-electron chi connectivity index (χ4n) is 3.07. The Balaban J connectivity index is 1.41. The van der Waals surface area contributed by atoms with Gasteiger partial charge in [-0.25, -0.2) is 14.4 Å². The first-order valence-corrected chi connectivity index (χ1v) is 11.9. The van der Waals surface area contributed by atoms with Crippen molar-refractivity contribution in [2.45, 2.75) is 19.0 Å². The van der Waals surface area contributed by atoms with Crippen molar-refractivity contribution in [1.29, 1.82) is 0 Å². The lowest BCUT2D eigenvalue weighted by atomic mass is 10.1. The molecule has 0 aliphatic carbocycles. The number of hydrogen-bond acceptors (Lipinski definition) is 8. The molecule has 0 spiro atoms. The molecule has 7 nitrogen and oxygen atoms in total. The Labute approximate surface area is 188 Å². The molecule has 0 radical (unpaired) electrons. The molecule has 1 aromatic carbocycles. The topological polar surface area (TPSA) is 85.1 Å². The van der Waals surface area contributed by atoms with E-state index in [1.54, 1.807) is 22.9 Å². The van der Waals surface area contributed by atoms with Gasteiger partial charge >= 0.3 is 0 Å². The van der Waals surface area contributed by atoms with Crippen molar-refractivity contribution in [3.8, 4) is 11.1 Å². The van der Waals surface area contributed by atoms with Crippen molar-refractivity contribution in [2.24, 2.45) is 0 Å². The molecule has 0 saturated heterocycles. The van der Waals surface area contributed by atoms with Gasteiger partial charge in [0.05, 0.1) is 16.8 Å². The van der Waals surface area contributed by atoms with E-state index in [0.29, 0.717) is 15.9 Å². The quantitative estimate of drug-likeness (QED) is 0.366. The molecule has 0 fully saturated rings. The molecule has 0 unspecified atom stereocenters. The summed E-state index contributed by atoms with van der Waals surface area (Å²) in [6.45, 7) is 3.88. The molecule has 31 heavy (non-hydrogen) atoms. The number of aryl methyl sites for hydroxylation is 2. The molecule has 5 aromatic rings. The zero-order chi connectivity index (χ0) is 21.5. The number of amides is 1. The van der Waals surface area contributed by atoms with Crippen LogP contribution < -0.4 is 5.32 Å². The van der Waals surface area contributed by atoms with Crippen LogP contribution in [0.3, 0.4) is 0 Å². The molecule has 0 atom stereocenters. The molecule has 0 aliphatic heterocycles. The Morgan fingerprint density at radius 1 is 1.23 bits per heavy atom. The molecule has 5 rings (SSSR count). The smallest absolute Gasteiger partial charge is 0.236 e. The number of thiophene rings is 1. The molecule has 0 aliphatic rings. The molecule has 4 aromatic heterocycles. The molecule has 0 saturated carbocycles. The Bertz CT molecular complexity index is 1400. The van der Waals surface area contributed by atoms with E-state index in [1.165, 1.54) is 46.6 Å². The second-order valence-electron chi connectivity index (χ2n) is 6.75. The zero-order valence-electron chi connectivity index (χ0n) is 16.4. The summed E-state index contributed by atoms with van der Waals surface area (Å²) in [5.74, 6) is -0.272. The Hall–Kier alpha value is -2.89. The number of fused-ring (bicyclic) bond motifs is 3. The van der Waals surface area contributed by atoms with Crippen molar-refractivity contribution >= 4 is 61.3 Å². The van der Waals surface area contributed by atoms with Crippen LogP contribution in [0.4, 0.5) is 9.52 Å². The number of benzene rings is 1. The molecular weight excluding hydrogens is 455 g/mol. The van der Waals surface area contributed by atoms with Gasteiger partial charge in [-0.1, -0.05) is 23.9 Å². The summed E-state index contributed by atoms with van der Waals surface area (Å²) in [7, 11) is 0. The number of halogens is 1. The van der Waals surface area contributed by atoms with Gasteiger partial charge in [0.1, 0.15) is 17.0 Å². The number of rotatable bonds is 5. The monoisotopic (exact) mass is 470 g/mol. The largest absolute Gasteiger partial charge is 0.301 e. The first kappa shape index (κ1) is 20.0. The summed E-state index contributed by atoms with van der Waals surface area (Å²) >= 11 is 4.23. The van der Waals surface area contributed by atoms with Gasteiger partial charge in [-0.2, -0.15) is 0 Å². The standard InChI is InChI=1S/C20H15FN6OS3/c1-10-11(2)31-19(23-10)24-15(28)8-30-20-26-25-17-16-14(12-3-5-13(21)6-4-12)7-29-18(16)22-9-27(17)20/h3-7,9H,8H2,1-2H3,(H,23,24,28). The third-order valence-corrected chi connectivity index (χ3v) is 7.53. The average Bonchev–Trinajstić information content (AvgIpc) is 3.44. The fraction of sp³-hybridized carbons (Fsp3) is 0.150. The fourth-order valence-corrected chi connectivity index (χ4v) is 5.52. The van der Waals surface area contributed by atoms with Crippen molar-refractivity contribution < 1.29 is 9.18 Å². The van der Waals surface area contributed by atoms with Crippen LogP contribution >= 0.6 is 34.4 Å². The van der Waals surface area contributed by atoms with Gasteiger partial charge in [0.2, 0.25) is 5.91 Å². The molecule has 4 heterocycles. The van der Waals surface area contributed by atoms with Gasteiger partial charge in [-0.15, -0.1) is 32.9 Å². The number of nitrogens with one attached hydrogen (secondary N) is 1. The zero-order valence-corrected chi connectivity index (χ0v) is 18.9. The van der Waals surface area contributed by atoms with E-state index in [-0.39, 0.29) is 17.5 Å². The predicted molar refractivity (Wildman–Crippen MR) is 123 cm³/mol. The SMILES string of the molecule is Cc1nc(NC(=O)CSc2nnc3c4c(-c5ccc(F)cc5)csc4ncn23)sc1C. The summed E-state index contributed by atoms with van der Waals surface area (Å²) in [6, 6.07) is 6.33. The average molecular weight is 471 g/mol. The molecule has 156 valence electrons. The lowest BCUT2D eigenvalue weighted by molar-refractivity contribution is -0.113. The van der Waals surface area contributed by atoms with E-state index in [9.17, 15) is 9.18 Å². The highest BCUT2D eigenvalue weighted by Gasteiger charge is 2.17. The number of thioether (sulfide) groups is 1. The maximum absolute atomic E-state index is 13.3. The van der Waals surface area contributed by atoms with E-state index < -0.39 is 0 Å². The van der Waals surface area contributed by atoms with Gasteiger partial charge < -0.3 is 5.32 Å². The van der Waals surface area contributed by atoms with E-state index in [0.717, 1.165) is 31.9 Å². The van der Waals surface area contributed by atoms with E-state index in [4.69, 9.17) is 0 Å². The number of carbonyl (C=O) groups excluding carboxylic acids is 1. The predicted octanol–water partition coefficient (Wildman–Crippen LogP) is 4.95. The van der Waals surface area contributed by atoms with Crippen LogP contribution in [0.1, 0.15) is 10.6 Å². The van der Waals surface area contributed by atoms with Crippen LogP contribution in [-0.2, 0) is 4.79 Å². The number of hydrogen-bond donors (Lipinski definition) is 1. The van der Waals surface area contributed by atoms with Crippen molar-refractivity contribution in [3.63, 3.8) is 0 Å². The van der Waals surface area contributed by atoms with Gasteiger partial charge in [-0.3, -0.25) is 9.20 Å². The minimum atomic E-state index is -0.283. The number of thiazole rings is 1. The number of carbonyl (C=O) groups is 1. The number of aromatic nitrogens is 5. The summed E-state index contributed by atoms with van der Waals surface area (Å²) < 4.78 is 15.1. The molecule has 11 heteroatoms. The van der Waals surface area contributed by atoms with Gasteiger partial charge in [0.25, 0.3) is 0 Å². The minimum absolute atomic E-state index is 0.160. The van der Waals surface area contributed by atoms with E-state index in [2.05, 4.69) is 25.5 Å². The Morgan fingerprint density at radius 2 is 2.03 bits per heavy atom. The second kappa shape index (κ2) is 7.98. The van der Waals surface area contributed by atoms with Crippen LogP contribution in [-0.4, -0.2) is 36.2 Å². The first-order valence-electron chi connectivity index (χ1n) is 9.23. The first-order chi connectivity index (χ1) is 15.0. The van der Waals surface area contributed by atoms with Crippen LogP contribution in [0.5, 0.6) is 0 Å². The van der Waals surface area contributed by atoms with Crippen molar-refractivity contribution in [1.82, 2.24) is 24.6 Å². The third-order valence-electron chi connectivity index (χ3n) is 4.71. The maximum atomic E-state index is 13.3. The van der Waals surface area contributed by atoms with E-state index in [1.807, 2.05) is 19.2 Å². The summed E-state index contributed by atoms with van der Waals surface area (Å²) in [4.78, 5) is 23.1. The van der Waals surface area contributed by atoms with Gasteiger partial charge in [0.15, 0.2) is 15.9 Å². The van der Waals surface area contributed by atoms with Crippen LogP contribution in [0.25, 0.3) is 27.0 Å². The lowest BCUT2D eigenvalue weighted by Crippen LogP contribution is -2.14. The number of anilines is 1. The molecule has 1 amide bonds. The molecule has 0 bridgehead atoms. The van der Waals surface area contributed by atoms with Gasteiger partial charge in [-0.05, 0) is 31.5 Å². The van der Waals surface area contributed by atoms with Crippen molar-refractivity contribution in [3.05, 3.63) is 52.4 Å². The minimum Gasteiger partial charge on any atom is -0.301 e. The Kier molecular flexibility index (Phi) is 5.16. The molecular formula is C20H15FN6OS3. The van der Waals surface area contributed by atoms with Crippen LogP contribution in [0.2, 0.25) is 0 Å². The summed E-state index contributed by atoms with van der Waals surface area (Å²) in [5, 5.41) is 15.4. The maximum Gasteiger partial charge on any atom is 0.236 e. The van der Waals surface area contributed by atoms with Crippen LogP contribution in [0, 0.1) is 19.7 Å². The Morgan fingerprint density at radius 3 is 2.77 bits per heavy atom. The lowest BCUT2D eigenvalue weighted by Gasteiger charge is -2.03. The van der Waals surface area contributed by atoms with Gasteiger partial charge in [0, 0.05) is 15.8 Å².